The third-order valence-corrected chi connectivity index (χ3v) is 2.17. The molecule has 0 aliphatic heterocycles. The Hall–Kier alpha value is -1.57. The second-order valence-corrected chi connectivity index (χ2v) is 3.48. The third kappa shape index (κ3) is 3.98. The Morgan fingerprint density at radius 3 is 2.93 bits per heavy atom. The van der Waals surface area contributed by atoms with Crippen LogP contribution in [0.2, 0.25) is 0 Å². The molecule has 2 nitrogen and oxygen atoms in total. The molecule has 0 aliphatic carbocycles. The summed E-state index contributed by atoms with van der Waals surface area (Å²) in [7, 11) is 0. The molecule has 0 aromatic heterocycles. The van der Waals surface area contributed by atoms with Gasteiger partial charge in [-0.3, -0.25) is 0 Å². The van der Waals surface area contributed by atoms with E-state index in [-0.39, 0.29) is 0 Å². The predicted octanol–water partition coefficient (Wildman–Crippen LogP) is 3.59. The molecule has 0 spiro atoms. The Morgan fingerprint density at radius 1 is 1.47 bits per heavy atom. The number of hydrogen-bond acceptors (Lipinski definition) is 1. The number of hydrogen-bond donors (Lipinski definition) is 1. The van der Waals surface area contributed by atoms with Gasteiger partial charge < -0.3 is 5.11 Å². The van der Waals surface area contributed by atoms with Crippen LogP contribution in [0.1, 0.15) is 42.1 Å². The zero-order valence-electron chi connectivity index (χ0n) is 8.94. The zero-order chi connectivity index (χ0) is 11.1. The van der Waals surface area contributed by atoms with Gasteiger partial charge in [0, 0.05) is 0 Å². The van der Waals surface area contributed by atoms with Gasteiger partial charge >= 0.3 is 5.97 Å². The van der Waals surface area contributed by atoms with E-state index in [4.69, 9.17) is 5.11 Å². The Labute approximate surface area is 90.3 Å². The maximum atomic E-state index is 10.7. The van der Waals surface area contributed by atoms with Crippen molar-refractivity contribution in [3.05, 3.63) is 41.5 Å². The van der Waals surface area contributed by atoms with E-state index in [2.05, 4.69) is 13.0 Å². The van der Waals surface area contributed by atoms with Crippen LogP contribution in [0.4, 0.5) is 0 Å². The molecule has 0 atom stereocenters. The second-order valence-electron chi connectivity index (χ2n) is 3.48. The van der Waals surface area contributed by atoms with Gasteiger partial charge in [-0.05, 0) is 24.1 Å². The van der Waals surface area contributed by atoms with Gasteiger partial charge in [0.25, 0.3) is 0 Å². The number of allylic oxidation sites excluding steroid dienone is 1. The van der Waals surface area contributed by atoms with Gasteiger partial charge in [-0.25, -0.2) is 4.79 Å². The Bertz CT molecular complexity index is 353. The maximum absolute atomic E-state index is 10.7. The van der Waals surface area contributed by atoms with Crippen molar-refractivity contribution in [3.8, 4) is 0 Å². The molecule has 0 radical (unpaired) electrons. The molecule has 1 aromatic rings. The lowest BCUT2D eigenvalue weighted by atomic mass is 10.1. The first-order valence-electron chi connectivity index (χ1n) is 5.24. The summed E-state index contributed by atoms with van der Waals surface area (Å²) in [5.41, 5.74) is 1.29. The van der Waals surface area contributed by atoms with Crippen molar-refractivity contribution in [1.29, 1.82) is 0 Å². The fourth-order valence-corrected chi connectivity index (χ4v) is 1.32. The van der Waals surface area contributed by atoms with Crippen molar-refractivity contribution >= 4 is 12.0 Å². The summed E-state index contributed by atoms with van der Waals surface area (Å²) < 4.78 is 0. The third-order valence-electron chi connectivity index (χ3n) is 2.17. The summed E-state index contributed by atoms with van der Waals surface area (Å²) in [6, 6.07) is 6.97. The van der Waals surface area contributed by atoms with Crippen LogP contribution in [0.25, 0.3) is 6.08 Å². The molecule has 15 heavy (non-hydrogen) atoms. The quantitative estimate of drug-likeness (QED) is 0.744. The molecule has 0 heterocycles. The van der Waals surface area contributed by atoms with Gasteiger partial charge in [-0.1, -0.05) is 44.1 Å². The molecule has 0 saturated carbocycles. The van der Waals surface area contributed by atoms with Crippen LogP contribution in [0, 0.1) is 0 Å². The Balaban J connectivity index is 2.65. The van der Waals surface area contributed by atoms with Crippen LogP contribution in [-0.4, -0.2) is 11.1 Å². The van der Waals surface area contributed by atoms with Crippen molar-refractivity contribution in [2.75, 3.05) is 0 Å². The van der Waals surface area contributed by atoms with E-state index < -0.39 is 5.97 Å². The number of rotatable bonds is 5. The first kappa shape index (κ1) is 11.5. The first-order valence-corrected chi connectivity index (χ1v) is 5.24. The van der Waals surface area contributed by atoms with Gasteiger partial charge in [0.05, 0.1) is 5.56 Å². The number of carboxylic acids is 1. The van der Waals surface area contributed by atoms with E-state index >= 15 is 0 Å². The Morgan fingerprint density at radius 2 is 2.27 bits per heavy atom. The fourth-order valence-electron chi connectivity index (χ4n) is 1.32. The molecule has 0 unspecified atom stereocenters. The van der Waals surface area contributed by atoms with E-state index in [1.54, 1.807) is 18.2 Å². The SMILES string of the molecule is CCCCC=Cc1cccc(C(=O)O)c1. The molecule has 1 aromatic carbocycles. The van der Waals surface area contributed by atoms with Crippen molar-refractivity contribution in [2.24, 2.45) is 0 Å². The lowest BCUT2D eigenvalue weighted by Crippen LogP contribution is -1.95. The summed E-state index contributed by atoms with van der Waals surface area (Å²) in [4.78, 5) is 10.7. The summed E-state index contributed by atoms with van der Waals surface area (Å²) in [5.74, 6) is -0.876. The summed E-state index contributed by atoms with van der Waals surface area (Å²) in [5, 5.41) is 8.79. The van der Waals surface area contributed by atoms with E-state index in [0.717, 1.165) is 12.0 Å². The summed E-state index contributed by atoms with van der Waals surface area (Å²) in [6.07, 6.45) is 7.47. The maximum Gasteiger partial charge on any atom is 0.335 e. The highest BCUT2D eigenvalue weighted by Crippen LogP contribution is 2.08. The van der Waals surface area contributed by atoms with Gasteiger partial charge in [-0.2, -0.15) is 0 Å². The van der Waals surface area contributed by atoms with Crippen molar-refractivity contribution in [3.63, 3.8) is 0 Å². The number of benzene rings is 1. The van der Waals surface area contributed by atoms with Gasteiger partial charge in [-0.15, -0.1) is 0 Å². The first-order chi connectivity index (χ1) is 7.24. The summed E-state index contributed by atoms with van der Waals surface area (Å²) in [6.45, 7) is 2.15. The molecule has 0 saturated heterocycles. The molecular weight excluding hydrogens is 188 g/mol. The average Bonchev–Trinajstić information content (AvgIpc) is 2.25. The van der Waals surface area contributed by atoms with Crippen molar-refractivity contribution in [1.82, 2.24) is 0 Å². The smallest absolute Gasteiger partial charge is 0.335 e. The zero-order valence-corrected chi connectivity index (χ0v) is 8.94. The van der Waals surface area contributed by atoms with Crippen LogP contribution in [-0.2, 0) is 0 Å². The van der Waals surface area contributed by atoms with E-state index in [0.29, 0.717) is 5.56 Å². The van der Waals surface area contributed by atoms with Crippen LogP contribution in [0.3, 0.4) is 0 Å². The number of carbonyl (C=O) groups is 1. The molecule has 0 fully saturated rings. The molecule has 1 N–H and O–H groups in total. The minimum atomic E-state index is -0.876. The van der Waals surface area contributed by atoms with Crippen LogP contribution in [0.15, 0.2) is 30.3 Å². The Kier molecular flexibility index (Phi) is 4.61. The molecule has 0 bridgehead atoms. The lowest BCUT2D eigenvalue weighted by Gasteiger charge is -1.96. The summed E-state index contributed by atoms with van der Waals surface area (Å²) >= 11 is 0. The normalized spacial score (nSPS) is 10.7. The molecule has 80 valence electrons. The topological polar surface area (TPSA) is 37.3 Å². The van der Waals surface area contributed by atoms with E-state index in [1.807, 2.05) is 12.1 Å². The van der Waals surface area contributed by atoms with Gasteiger partial charge in [0.2, 0.25) is 0 Å². The number of aromatic carboxylic acids is 1. The number of carboxylic acid groups (broad SMARTS) is 1. The minimum absolute atomic E-state index is 0.340. The highest BCUT2D eigenvalue weighted by atomic mass is 16.4. The standard InChI is InChI=1S/C13H16O2/c1-2-3-4-5-7-11-8-6-9-12(10-11)13(14)15/h5-10H,2-4H2,1H3,(H,14,15). The largest absolute Gasteiger partial charge is 0.478 e. The van der Waals surface area contributed by atoms with Gasteiger partial charge in [0.1, 0.15) is 0 Å². The van der Waals surface area contributed by atoms with E-state index in [9.17, 15) is 4.79 Å². The van der Waals surface area contributed by atoms with Crippen LogP contribution in [0.5, 0.6) is 0 Å². The number of unbranched alkanes of at least 4 members (excludes halogenated alkanes) is 2. The van der Waals surface area contributed by atoms with Crippen molar-refractivity contribution in [2.45, 2.75) is 26.2 Å². The molecule has 0 aliphatic rings. The lowest BCUT2D eigenvalue weighted by molar-refractivity contribution is 0.0697. The highest BCUT2D eigenvalue weighted by molar-refractivity contribution is 5.88. The van der Waals surface area contributed by atoms with Crippen LogP contribution >= 0.6 is 0 Å². The molecular formula is C13H16O2. The second kappa shape index (κ2) is 6.02. The van der Waals surface area contributed by atoms with Gasteiger partial charge in [0.15, 0.2) is 0 Å². The van der Waals surface area contributed by atoms with Crippen molar-refractivity contribution < 1.29 is 9.90 Å². The van der Waals surface area contributed by atoms with E-state index in [1.165, 1.54) is 12.8 Å². The molecule has 0 amide bonds. The highest BCUT2D eigenvalue weighted by Gasteiger charge is 2.00. The minimum Gasteiger partial charge on any atom is -0.478 e. The predicted molar refractivity (Wildman–Crippen MR) is 62.0 cm³/mol. The fraction of sp³-hybridized carbons (Fsp3) is 0.308. The molecule has 1 rings (SSSR count). The molecule has 2 heteroatoms. The average molecular weight is 204 g/mol. The van der Waals surface area contributed by atoms with Crippen LogP contribution < -0.4 is 0 Å². The monoisotopic (exact) mass is 204 g/mol.